The van der Waals surface area contributed by atoms with Gasteiger partial charge in [-0.05, 0) is 119 Å². The smallest absolute Gasteiger partial charge is 0.329 e. The lowest BCUT2D eigenvalue weighted by molar-refractivity contribution is -0.157. The molecule has 3 aliphatic rings. The molecule has 30 heteroatoms. The van der Waals surface area contributed by atoms with Gasteiger partial charge in [-0.15, -0.1) is 0 Å². The summed E-state index contributed by atoms with van der Waals surface area (Å²) < 4.78 is 5.96. The predicted molar refractivity (Wildman–Crippen MR) is 393 cm³/mol. The Kier molecular flexibility index (Phi) is 36.0. The van der Waals surface area contributed by atoms with Gasteiger partial charge in [-0.2, -0.15) is 0 Å². The largest absolute Gasteiger partial charge is 0.458 e. The molecule has 1 aromatic carbocycles. The van der Waals surface area contributed by atoms with Crippen LogP contribution in [0.2, 0.25) is 0 Å². The first kappa shape index (κ1) is 88.9. The molecule has 0 unspecified atom stereocenters. The van der Waals surface area contributed by atoms with Crippen molar-refractivity contribution in [3.8, 4) is 0 Å². The van der Waals surface area contributed by atoms with E-state index in [1.54, 1.807) is 113 Å². The quantitative estimate of drug-likeness (QED) is 0.0371. The summed E-state index contributed by atoms with van der Waals surface area (Å²) in [4.78, 5) is 204. The van der Waals surface area contributed by atoms with Gasteiger partial charge in [-0.25, -0.2) is 4.79 Å². The highest BCUT2D eigenvalue weighted by Gasteiger charge is 2.46. The van der Waals surface area contributed by atoms with Crippen molar-refractivity contribution in [2.45, 2.75) is 279 Å². The van der Waals surface area contributed by atoms with E-state index < -0.39 is 191 Å². The van der Waals surface area contributed by atoms with Crippen LogP contribution in [-0.2, 0) is 78.3 Å². The molecule has 588 valence electrons. The number of hydrogen-bond acceptors (Lipinski definition) is 17. The fraction of sp³-hybridized carbons (Fsp3) is 0.707. The first-order valence-electron chi connectivity index (χ1n) is 37.7. The highest BCUT2D eigenvalue weighted by atomic mass is 16.5. The van der Waals surface area contributed by atoms with Gasteiger partial charge in [0.2, 0.25) is 70.9 Å². The monoisotopic (exact) mass is 1470 g/mol. The van der Waals surface area contributed by atoms with Crippen LogP contribution in [0.5, 0.6) is 0 Å². The van der Waals surface area contributed by atoms with Crippen LogP contribution in [0.15, 0.2) is 42.1 Å². The maximum atomic E-state index is 15.0. The first-order chi connectivity index (χ1) is 49.4. The molecular formula is C75H122N14O16. The number of amides is 13. The van der Waals surface area contributed by atoms with Crippen LogP contribution < -0.4 is 64.2 Å². The van der Waals surface area contributed by atoms with Crippen LogP contribution in [0.3, 0.4) is 0 Å². The molecule has 0 saturated carbocycles. The number of allylic oxidation sites excluding steroid dienone is 1. The third-order valence-corrected chi connectivity index (χ3v) is 19.8. The number of benzene rings is 1. The Morgan fingerprint density at radius 2 is 1.16 bits per heavy atom. The van der Waals surface area contributed by atoms with Crippen molar-refractivity contribution < 1.29 is 77.0 Å². The number of rotatable bonds is 31. The van der Waals surface area contributed by atoms with E-state index in [0.29, 0.717) is 37.2 Å². The van der Waals surface area contributed by atoms with Crippen LogP contribution >= 0.6 is 0 Å². The van der Waals surface area contributed by atoms with E-state index in [0.717, 1.165) is 6.42 Å². The zero-order valence-electron chi connectivity index (χ0n) is 64.7. The van der Waals surface area contributed by atoms with Gasteiger partial charge in [-0.3, -0.25) is 62.3 Å². The van der Waals surface area contributed by atoms with E-state index >= 15 is 9.59 Å². The molecule has 3 fully saturated rings. The van der Waals surface area contributed by atoms with Gasteiger partial charge in [0.1, 0.15) is 84.3 Å². The molecular weight excluding hydrogens is 1350 g/mol. The summed E-state index contributed by atoms with van der Waals surface area (Å²) >= 11 is 0. The lowest BCUT2D eigenvalue weighted by Crippen LogP contribution is -2.64. The normalized spacial score (nSPS) is 23.7. The number of likely N-dealkylation sites (tertiary alicyclic amines) is 2. The molecule has 1 aromatic rings. The minimum atomic E-state index is -1.82. The zero-order valence-corrected chi connectivity index (χ0v) is 64.7. The number of aliphatic hydroxyl groups excluding tert-OH is 1. The SMILES string of the molecule is C/C=C1\NC(=O)[C@H](Cc2ccccc2)NC(=O)[C@@H](C(C)C)NC(=O)[C@@H]([C@H](C)CC)NC(=O)[C@H](NC(=O)[C@H](NC(=O)[C@H](CCCN)NC(=O)[C@H]2CCCN2C(=O)[C@H](NC(=O)[C@@H]2CCCN2C(=O)[C@@H](NC(=O)[C@H](NC(=O)CCCC(C)C)C(C)C)[C@@H](C)O)C(C)C)[C@H](C)CC)[C@H](C)OC(=O)[C@H](C(C)C)NC1=O. The molecule has 16 atom stereocenters. The minimum Gasteiger partial charge on any atom is -0.458 e. The molecule has 14 N–H and O–H groups in total. The number of aliphatic hydroxyl groups is 1. The van der Waals surface area contributed by atoms with Gasteiger partial charge in [0.15, 0.2) is 0 Å². The molecule has 3 heterocycles. The van der Waals surface area contributed by atoms with Gasteiger partial charge in [0.25, 0.3) is 5.91 Å². The summed E-state index contributed by atoms with van der Waals surface area (Å²) in [7, 11) is 0. The van der Waals surface area contributed by atoms with Crippen LogP contribution in [0.1, 0.15) is 194 Å². The second-order valence-electron chi connectivity index (χ2n) is 30.1. The molecule has 3 saturated heterocycles. The van der Waals surface area contributed by atoms with Crippen molar-refractivity contribution in [2.24, 2.45) is 47.2 Å². The summed E-state index contributed by atoms with van der Waals surface area (Å²) in [6, 6.07) is -7.29. The third-order valence-electron chi connectivity index (χ3n) is 19.8. The molecule has 13 amide bonds. The zero-order chi connectivity index (χ0) is 78.9. The van der Waals surface area contributed by atoms with Crippen LogP contribution in [0.4, 0.5) is 0 Å². The second kappa shape index (κ2) is 42.6. The average Bonchev–Trinajstić information content (AvgIpc) is 1.74. The van der Waals surface area contributed by atoms with E-state index in [-0.39, 0.29) is 82.1 Å². The molecule has 0 bridgehead atoms. The molecule has 30 nitrogen and oxygen atoms in total. The summed E-state index contributed by atoms with van der Waals surface area (Å²) in [6.07, 6.45) is 1.71. The maximum absolute atomic E-state index is 15.0. The number of carbonyl (C=O) groups excluding carboxylic acids is 14. The van der Waals surface area contributed by atoms with Crippen LogP contribution in [-0.4, -0.2) is 202 Å². The fourth-order valence-electron chi connectivity index (χ4n) is 12.8. The number of cyclic esters (lactones) is 1. The molecule has 0 radical (unpaired) electrons. The number of nitrogens with zero attached hydrogens (tertiary/aromatic N) is 2. The van der Waals surface area contributed by atoms with E-state index in [9.17, 15) is 62.6 Å². The van der Waals surface area contributed by atoms with Crippen molar-refractivity contribution in [3.63, 3.8) is 0 Å². The van der Waals surface area contributed by atoms with Crippen molar-refractivity contribution in [2.75, 3.05) is 19.6 Å². The maximum Gasteiger partial charge on any atom is 0.329 e. The van der Waals surface area contributed by atoms with E-state index in [4.69, 9.17) is 10.5 Å². The number of carbonyl (C=O) groups is 14. The summed E-state index contributed by atoms with van der Waals surface area (Å²) in [5.41, 5.74) is 6.35. The lowest BCUT2D eigenvalue weighted by atomic mass is 9.95. The van der Waals surface area contributed by atoms with Crippen LogP contribution in [0.25, 0.3) is 0 Å². The standard InChI is InChI=1S/C75H122N14O16/c1-18-44(14)59(71(100)87-62-47(17)105-75(104)58(43(12)13)83-63(92)49(20-3)77-65(94)51(38-48-29-22-21-23-30-48)79-68(97)56(41(8)9)81-70(99)60(45(15)19-2)85-72(62)101)84-64(93)50(31-25-35-76)78-66(95)52-32-26-36-88(52)73(102)57(42(10)11)82-67(96)53-33-27-37-89(53)74(103)61(46(16)90)86-69(98)55(40(6)7)80-54(91)34-24-28-39(4)5/h20-23,29-30,39-47,50-53,55-62,90H,18-19,24-28,31-38,76H2,1-17H3,(H,77,94)(H,78,95)(H,79,97)(H,80,91)(H,81,99)(H,82,96)(H,83,92)(H,84,93)(H,85,101)(H,86,98)(H,87,100)/b49-20-/t44-,45-,46-,47+,50+,51+,52-,53+,55-,56-,57-,58+,59-,60-,61+,62-/m1/s1. The highest BCUT2D eigenvalue weighted by Crippen LogP contribution is 2.25. The summed E-state index contributed by atoms with van der Waals surface area (Å²) in [6.45, 7) is 28.7. The Morgan fingerprint density at radius 1 is 0.610 bits per heavy atom. The molecule has 105 heavy (non-hydrogen) atoms. The Morgan fingerprint density at radius 3 is 1.69 bits per heavy atom. The average molecular weight is 1480 g/mol. The molecule has 0 aliphatic carbocycles. The number of esters is 1. The topological polar surface area (TPSA) is 433 Å². The Balaban J connectivity index is 1.63. The molecule has 3 aliphatic heterocycles. The Hall–Kier alpha value is -8.54. The number of ether oxygens (including phenoxy) is 1. The number of nitrogens with two attached hydrogens (primary N) is 1. The second-order valence-corrected chi connectivity index (χ2v) is 30.1. The minimum absolute atomic E-state index is 0.0337. The van der Waals surface area contributed by atoms with E-state index in [2.05, 4.69) is 58.5 Å². The molecule has 4 rings (SSSR count). The highest BCUT2D eigenvalue weighted by molar-refractivity contribution is 6.03. The van der Waals surface area contributed by atoms with Gasteiger partial charge >= 0.3 is 5.97 Å². The van der Waals surface area contributed by atoms with Gasteiger partial charge in [-0.1, -0.05) is 153 Å². The summed E-state index contributed by atoms with van der Waals surface area (Å²) in [5.74, 6) is -14.0. The van der Waals surface area contributed by atoms with E-state index in [1.807, 2.05) is 13.8 Å². The molecule has 0 spiro atoms. The van der Waals surface area contributed by atoms with Crippen LogP contribution in [0, 0.1) is 41.4 Å². The number of hydrogen-bond donors (Lipinski definition) is 13. The van der Waals surface area contributed by atoms with Crippen molar-refractivity contribution in [1.82, 2.24) is 68.3 Å². The predicted octanol–water partition coefficient (Wildman–Crippen LogP) is 1.69. The molecule has 0 aromatic heterocycles. The third kappa shape index (κ3) is 25.9. The van der Waals surface area contributed by atoms with Gasteiger partial charge in [0, 0.05) is 25.9 Å². The Bertz CT molecular complexity index is 3200. The van der Waals surface area contributed by atoms with Crippen molar-refractivity contribution in [1.29, 1.82) is 0 Å². The van der Waals surface area contributed by atoms with E-state index in [1.165, 1.54) is 36.6 Å². The first-order valence-corrected chi connectivity index (χ1v) is 37.7. The number of nitrogens with one attached hydrogen (secondary N) is 11. The van der Waals surface area contributed by atoms with Crippen molar-refractivity contribution >= 4 is 82.8 Å². The van der Waals surface area contributed by atoms with Crippen molar-refractivity contribution in [3.05, 3.63) is 47.7 Å². The summed E-state index contributed by atoms with van der Waals surface area (Å²) in [5, 5.41) is 40.8. The van der Waals surface area contributed by atoms with Gasteiger partial charge in [0.05, 0.1) is 6.10 Å². The Labute approximate surface area is 619 Å². The van der Waals surface area contributed by atoms with Gasteiger partial charge < -0.3 is 83.9 Å². The fourth-order valence-corrected chi connectivity index (χ4v) is 12.8. The lowest BCUT2D eigenvalue weighted by Gasteiger charge is -2.34.